The Hall–Kier alpha value is -1.63. The van der Waals surface area contributed by atoms with Crippen molar-refractivity contribution in [1.82, 2.24) is 10.3 Å². The summed E-state index contributed by atoms with van der Waals surface area (Å²) in [6.07, 6.45) is 4.01. The maximum atomic E-state index is 12.0. The molecule has 1 heterocycles. The lowest BCUT2D eigenvalue weighted by Crippen LogP contribution is -2.46. The molecule has 1 aliphatic rings. The molecule has 2 atom stereocenters. The van der Waals surface area contributed by atoms with Gasteiger partial charge in [0.05, 0.1) is 11.6 Å². The molecule has 7 heteroatoms. The second kappa shape index (κ2) is 6.89. The first-order chi connectivity index (χ1) is 10.0. The molecule has 21 heavy (non-hydrogen) atoms. The molecule has 116 valence electrons. The molecular weight excluding hydrogens is 290 g/mol. The number of carboxylic acids is 1. The van der Waals surface area contributed by atoms with E-state index in [4.69, 9.17) is 0 Å². The summed E-state index contributed by atoms with van der Waals surface area (Å²) in [5.41, 5.74) is 0.983. The molecule has 0 spiro atoms. The van der Waals surface area contributed by atoms with Crippen LogP contribution in [0, 0.1) is 12.8 Å². The van der Waals surface area contributed by atoms with Crippen molar-refractivity contribution in [2.24, 2.45) is 5.92 Å². The largest absolute Gasteiger partial charge is 0.481 e. The average molecular weight is 311 g/mol. The van der Waals surface area contributed by atoms with Gasteiger partial charge in [0.2, 0.25) is 0 Å². The van der Waals surface area contributed by atoms with E-state index in [1.54, 1.807) is 0 Å². The van der Waals surface area contributed by atoms with Crippen LogP contribution in [0.25, 0.3) is 0 Å². The third-order valence-electron chi connectivity index (χ3n) is 3.85. The second-order valence-electron chi connectivity index (χ2n) is 5.31. The molecule has 1 aromatic heterocycles. The number of anilines is 1. The number of carboxylic acid groups (broad SMARTS) is 1. The van der Waals surface area contributed by atoms with Gasteiger partial charge in [0.1, 0.15) is 0 Å². The van der Waals surface area contributed by atoms with Crippen molar-refractivity contribution in [1.29, 1.82) is 0 Å². The number of hydrogen-bond donors (Lipinski definition) is 3. The van der Waals surface area contributed by atoms with E-state index >= 15 is 0 Å². The summed E-state index contributed by atoms with van der Waals surface area (Å²) in [7, 11) is 0. The van der Waals surface area contributed by atoms with Crippen LogP contribution in [-0.2, 0) is 11.2 Å². The number of nitrogens with one attached hydrogen (secondary N) is 2. The van der Waals surface area contributed by atoms with Crippen LogP contribution in [0.4, 0.5) is 9.93 Å². The van der Waals surface area contributed by atoms with Crippen LogP contribution in [0.2, 0.25) is 0 Å². The van der Waals surface area contributed by atoms with Crippen LogP contribution in [0.1, 0.15) is 43.2 Å². The highest BCUT2D eigenvalue weighted by molar-refractivity contribution is 7.15. The number of aryl methyl sites for hydroxylation is 2. The fraction of sp³-hybridized carbons (Fsp3) is 0.643. The number of carbonyl (C=O) groups is 2. The minimum Gasteiger partial charge on any atom is -0.481 e. The number of thiazole rings is 1. The van der Waals surface area contributed by atoms with Crippen LogP contribution in [0.15, 0.2) is 0 Å². The zero-order chi connectivity index (χ0) is 15.4. The Bertz CT molecular complexity index is 530. The number of aromatic nitrogens is 1. The molecule has 2 amide bonds. The van der Waals surface area contributed by atoms with Crippen LogP contribution in [0.3, 0.4) is 0 Å². The number of amides is 2. The van der Waals surface area contributed by atoms with E-state index < -0.39 is 11.9 Å². The first kappa shape index (κ1) is 15.8. The van der Waals surface area contributed by atoms with Gasteiger partial charge in [-0.05, 0) is 26.2 Å². The lowest BCUT2D eigenvalue weighted by Gasteiger charge is -2.29. The standard InChI is InChI=1S/C14H21N3O3S/c1-3-10-8(2)21-14(16-10)17-13(20)15-11-7-5-4-6-9(11)12(18)19/h9,11H,3-7H2,1-2H3,(H,18,19)(H2,15,16,17,20). The van der Waals surface area contributed by atoms with E-state index in [1.807, 2.05) is 13.8 Å². The lowest BCUT2D eigenvalue weighted by molar-refractivity contribution is -0.143. The van der Waals surface area contributed by atoms with Gasteiger partial charge in [0.15, 0.2) is 5.13 Å². The lowest BCUT2D eigenvalue weighted by atomic mass is 9.84. The number of carbonyl (C=O) groups excluding carboxylic acids is 1. The molecule has 1 fully saturated rings. The predicted octanol–water partition coefficient (Wildman–Crippen LogP) is 2.78. The molecule has 0 bridgehead atoms. The molecule has 0 aliphatic heterocycles. The van der Waals surface area contributed by atoms with E-state index in [0.717, 1.165) is 29.8 Å². The van der Waals surface area contributed by atoms with Gasteiger partial charge in [-0.2, -0.15) is 0 Å². The van der Waals surface area contributed by atoms with Crippen molar-refractivity contribution < 1.29 is 14.7 Å². The van der Waals surface area contributed by atoms with Gasteiger partial charge in [-0.1, -0.05) is 19.8 Å². The molecule has 0 radical (unpaired) electrons. The number of aliphatic carboxylic acids is 1. The van der Waals surface area contributed by atoms with Crippen LogP contribution in [0.5, 0.6) is 0 Å². The van der Waals surface area contributed by atoms with Crippen LogP contribution >= 0.6 is 11.3 Å². The first-order valence-electron chi connectivity index (χ1n) is 7.28. The van der Waals surface area contributed by atoms with Gasteiger partial charge < -0.3 is 10.4 Å². The van der Waals surface area contributed by atoms with Crippen molar-refractivity contribution in [2.75, 3.05) is 5.32 Å². The molecule has 2 unspecified atom stereocenters. The molecule has 0 saturated heterocycles. The summed E-state index contributed by atoms with van der Waals surface area (Å²) in [6.45, 7) is 3.99. The molecule has 1 aromatic rings. The quantitative estimate of drug-likeness (QED) is 0.797. The monoisotopic (exact) mass is 311 g/mol. The minimum atomic E-state index is -0.835. The summed E-state index contributed by atoms with van der Waals surface area (Å²) in [5, 5.41) is 15.3. The molecule has 0 aromatic carbocycles. The minimum absolute atomic E-state index is 0.303. The first-order valence-corrected chi connectivity index (χ1v) is 8.09. The Morgan fingerprint density at radius 2 is 2.10 bits per heavy atom. The SMILES string of the molecule is CCc1nc(NC(=O)NC2CCCCC2C(=O)O)sc1C. The predicted molar refractivity (Wildman–Crippen MR) is 81.8 cm³/mol. The zero-order valence-electron chi connectivity index (χ0n) is 12.3. The maximum Gasteiger partial charge on any atom is 0.321 e. The van der Waals surface area contributed by atoms with Crippen LogP contribution < -0.4 is 10.6 Å². The Kier molecular flexibility index (Phi) is 5.17. The van der Waals surface area contributed by atoms with E-state index in [2.05, 4.69) is 15.6 Å². The van der Waals surface area contributed by atoms with Crippen molar-refractivity contribution in [3.8, 4) is 0 Å². The summed E-state index contributed by atoms with van der Waals surface area (Å²) < 4.78 is 0. The highest BCUT2D eigenvalue weighted by atomic mass is 32.1. The molecule has 2 rings (SSSR count). The average Bonchev–Trinajstić information content (AvgIpc) is 2.78. The van der Waals surface area contributed by atoms with Crippen molar-refractivity contribution in [3.63, 3.8) is 0 Å². The third-order valence-corrected chi connectivity index (χ3v) is 4.78. The fourth-order valence-corrected chi connectivity index (χ4v) is 3.61. The molecule has 1 saturated carbocycles. The van der Waals surface area contributed by atoms with Gasteiger partial charge in [-0.3, -0.25) is 10.1 Å². The van der Waals surface area contributed by atoms with Crippen LogP contribution in [-0.4, -0.2) is 28.1 Å². The molecular formula is C14H21N3O3S. The highest BCUT2D eigenvalue weighted by Gasteiger charge is 2.31. The topological polar surface area (TPSA) is 91.3 Å². The van der Waals surface area contributed by atoms with Gasteiger partial charge >= 0.3 is 12.0 Å². The Balaban J connectivity index is 1.95. The Morgan fingerprint density at radius 3 is 2.71 bits per heavy atom. The van der Waals surface area contributed by atoms with E-state index in [1.165, 1.54) is 11.3 Å². The molecule has 3 N–H and O–H groups in total. The Morgan fingerprint density at radius 1 is 1.38 bits per heavy atom. The zero-order valence-corrected chi connectivity index (χ0v) is 13.1. The fourth-order valence-electron chi connectivity index (χ4n) is 2.71. The smallest absolute Gasteiger partial charge is 0.321 e. The summed E-state index contributed by atoms with van der Waals surface area (Å²) in [6, 6.07) is -0.674. The summed E-state index contributed by atoms with van der Waals surface area (Å²) >= 11 is 1.44. The van der Waals surface area contributed by atoms with Crippen molar-refractivity contribution >= 4 is 28.5 Å². The van der Waals surface area contributed by atoms with Crippen molar-refractivity contribution in [3.05, 3.63) is 10.6 Å². The van der Waals surface area contributed by atoms with Gasteiger partial charge in [0.25, 0.3) is 0 Å². The number of nitrogens with zero attached hydrogens (tertiary/aromatic N) is 1. The summed E-state index contributed by atoms with van der Waals surface area (Å²) in [4.78, 5) is 28.7. The van der Waals surface area contributed by atoms with Gasteiger partial charge in [0, 0.05) is 10.9 Å². The number of hydrogen-bond acceptors (Lipinski definition) is 4. The highest BCUT2D eigenvalue weighted by Crippen LogP contribution is 2.25. The van der Waals surface area contributed by atoms with E-state index in [-0.39, 0.29) is 12.1 Å². The van der Waals surface area contributed by atoms with Gasteiger partial charge in [-0.25, -0.2) is 9.78 Å². The van der Waals surface area contributed by atoms with Gasteiger partial charge in [-0.15, -0.1) is 11.3 Å². The molecule has 6 nitrogen and oxygen atoms in total. The Labute approximate surface area is 128 Å². The normalized spacial score (nSPS) is 21.8. The third kappa shape index (κ3) is 3.93. The molecule has 1 aliphatic carbocycles. The van der Waals surface area contributed by atoms with Crippen molar-refractivity contribution in [2.45, 2.75) is 52.0 Å². The van der Waals surface area contributed by atoms with E-state index in [0.29, 0.717) is 18.0 Å². The number of rotatable bonds is 4. The van der Waals surface area contributed by atoms with E-state index in [9.17, 15) is 14.7 Å². The second-order valence-corrected chi connectivity index (χ2v) is 6.51. The summed E-state index contributed by atoms with van der Waals surface area (Å²) in [5.74, 6) is -1.33. The number of urea groups is 1. The maximum absolute atomic E-state index is 12.0.